The highest BCUT2D eigenvalue weighted by Crippen LogP contribution is 2.14. The predicted molar refractivity (Wildman–Crippen MR) is 89.5 cm³/mol. The molecule has 5 heteroatoms. The first kappa shape index (κ1) is 18.1. The van der Waals surface area contributed by atoms with Gasteiger partial charge in [0.2, 0.25) is 11.8 Å². The van der Waals surface area contributed by atoms with Crippen LogP contribution in [-0.4, -0.2) is 41.6 Å². The minimum absolute atomic E-state index is 0.0961. The molecule has 0 aromatic carbocycles. The normalized spacial score (nSPS) is 18.4. The van der Waals surface area contributed by atoms with Gasteiger partial charge in [0, 0.05) is 37.0 Å². The fourth-order valence-corrected chi connectivity index (χ4v) is 2.68. The zero-order chi connectivity index (χ0) is 15.5. The van der Waals surface area contributed by atoms with Gasteiger partial charge in [0.15, 0.2) is 0 Å². The molecule has 0 saturated carbocycles. The Morgan fingerprint density at radius 3 is 2.57 bits per heavy atom. The largest absolute Gasteiger partial charge is 0.353 e. The van der Waals surface area contributed by atoms with Crippen LogP contribution in [0.15, 0.2) is 12.2 Å². The molecule has 0 aromatic heterocycles. The summed E-state index contributed by atoms with van der Waals surface area (Å²) in [4.78, 5) is 25.1. The number of nitrogens with one attached hydrogen (secondary N) is 1. The van der Waals surface area contributed by atoms with E-state index in [1.165, 1.54) is 37.8 Å². The molecule has 1 unspecified atom stereocenters. The Kier molecular flexibility index (Phi) is 9.22. The van der Waals surface area contributed by atoms with Crippen LogP contribution < -0.4 is 5.32 Å². The predicted octanol–water partition coefficient (Wildman–Crippen LogP) is 2.55. The Bertz CT molecular complexity index is 358. The summed E-state index contributed by atoms with van der Waals surface area (Å²) in [7, 11) is 0. The maximum absolute atomic E-state index is 11.8. The van der Waals surface area contributed by atoms with E-state index in [1.54, 1.807) is 4.90 Å². The van der Waals surface area contributed by atoms with Gasteiger partial charge >= 0.3 is 0 Å². The van der Waals surface area contributed by atoms with Crippen LogP contribution in [0.4, 0.5) is 0 Å². The molecular formula is C16H28N2O2S. The van der Waals surface area contributed by atoms with E-state index in [0.717, 1.165) is 25.8 Å². The number of thiol groups is 1. The minimum Gasteiger partial charge on any atom is -0.353 e. The van der Waals surface area contributed by atoms with Gasteiger partial charge in [-0.15, -0.1) is 0 Å². The van der Waals surface area contributed by atoms with E-state index in [-0.39, 0.29) is 17.1 Å². The standard InChI is InChI=1S/C16H28N2O2S/c1-2-3-4-5-6-7-11-17-15(19)8-9-16(20)18-12-10-14(21)13-18/h8-9,14,21H,2-7,10-13H2,1H3,(H,17,19). The number of amides is 2. The molecule has 0 spiro atoms. The van der Waals surface area contributed by atoms with Crippen molar-refractivity contribution in [1.82, 2.24) is 10.2 Å². The number of rotatable bonds is 9. The number of carbonyl (C=O) groups excluding carboxylic acids is 2. The highest BCUT2D eigenvalue weighted by Gasteiger charge is 2.22. The molecule has 1 N–H and O–H groups in total. The first-order valence-electron chi connectivity index (χ1n) is 8.06. The Morgan fingerprint density at radius 1 is 1.19 bits per heavy atom. The van der Waals surface area contributed by atoms with Crippen molar-refractivity contribution in [2.45, 2.75) is 57.1 Å². The molecule has 4 nitrogen and oxygen atoms in total. The number of likely N-dealkylation sites (tertiary alicyclic amines) is 1. The zero-order valence-electron chi connectivity index (χ0n) is 13.0. The maximum Gasteiger partial charge on any atom is 0.246 e. The molecule has 0 bridgehead atoms. The third-order valence-corrected chi connectivity index (χ3v) is 4.10. The lowest BCUT2D eigenvalue weighted by Gasteiger charge is -2.12. The van der Waals surface area contributed by atoms with E-state index >= 15 is 0 Å². The van der Waals surface area contributed by atoms with Gasteiger partial charge in [-0.2, -0.15) is 12.6 Å². The highest BCUT2D eigenvalue weighted by atomic mass is 32.1. The lowest BCUT2D eigenvalue weighted by Crippen LogP contribution is -2.28. The van der Waals surface area contributed by atoms with E-state index in [9.17, 15) is 9.59 Å². The smallest absolute Gasteiger partial charge is 0.246 e. The van der Waals surface area contributed by atoms with E-state index < -0.39 is 0 Å². The molecule has 0 aromatic rings. The molecule has 120 valence electrons. The highest BCUT2D eigenvalue weighted by molar-refractivity contribution is 7.81. The summed E-state index contributed by atoms with van der Waals surface area (Å²) < 4.78 is 0. The van der Waals surface area contributed by atoms with E-state index in [2.05, 4.69) is 24.9 Å². The van der Waals surface area contributed by atoms with Crippen LogP contribution in [0.3, 0.4) is 0 Å². The van der Waals surface area contributed by atoms with Gasteiger partial charge in [-0.05, 0) is 12.8 Å². The van der Waals surface area contributed by atoms with Crippen molar-refractivity contribution in [3.05, 3.63) is 12.2 Å². The number of unbranched alkanes of at least 4 members (excludes halogenated alkanes) is 5. The van der Waals surface area contributed by atoms with Crippen molar-refractivity contribution in [2.24, 2.45) is 0 Å². The van der Waals surface area contributed by atoms with Gasteiger partial charge in [0.25, 0.3) is 0 Å². The summed E-state index contributed by atoms with van der Waals surface area (Å²) in [6.45, 7) is 4.29. The lowest BCUT2D eigenvalue weighted by molar-refractivity contribution is -0.125. The van der Waals surface area contributed by atoms with E-state index in [4.69, 9.17) is 0 Å². The van der Waals surface area contributed by atoms with Gasteiger partial charge in [-0.25, -0.2) is 0 Å². The second kappa shape index (κ2) is 10.7. The molecule has 1 rings (SSSR count). The first-order chi connectivity index (χ1) is 10.1. The van der Waals surface area contributed by atoms with Crippen molar-refractivity contribution >= 4 is 24.4 Å². The Morgan fingerprint density at radius 2 is 1.90 bits per heavy atom. The fourth-order valence-electron chi connectivity index (χ4n) is 2.37. The lowest BCUT2D eigenvalue weighted by atomic mass is 10.1. The molecular weight excluding hydrogens is 284 g/mol. The van der Waals surface area contributed by atoms with Gasteiger partial charge in [0.1, 0.15) is 0 Å². The number of carbonyl (C=O) groups is 2. The third-order valence-electron chi connectivity index (χ3n) is 3.68. The van der Waals surface area contributed by atoms with Crippen LogP contribution in [0.25, 0.3) is 0 Å². The molecule has 1 heterocycles. The van der Waals surface area contributed by atoms with Crippen LogP contribution in [0.5, 0.6) is 0 Å². The number of hydrogen-bond donors (Lipinski definition) is 2. The Labute approximate surface area is 133 Å². The van der Waals surface area contributed by atoms with Crippen LogP contribution >= 0.6 is 12.6 Å². The van der Waals surface area contributed by atoms with Crippen LogP contribution in [-0.2, 0) is 9.59 Å². The Hall–Kier alpha value is -0.970. The van der Waals surface area contributed by atoms with Crippen LogP contribution in [0.1, 0.15) is 51.9 Å². The SMILES string of the molecule is CCCCCCCCNC(=O)C=CC(=O)N1CCC(S)C1. The summed E-state index contributed by atoms with van der Waals surface area (Å²) in [5, 5.41) is 3.08. The third kappa shape index (κ3) is 8.15. The average Bonchev–Trinajstić information content (AvgIpc) is 2.90. The van der Waals surface area contributed by atoms with Crippen LogP contribution in [0.2, 0.25) is 0 Å². The maximum atomic E-state index is 11.8. The minimum atomic E-state index is -0.182. The van der Waals surface area contributed by atoms with Gasteiger partial charge in [-0.1, -0.05) is 39.0 Å². The van der Waals surface area contributed by atoms with Crippen molar-refractivity contribution in [1.29, 1.82) is 0 Å². The van der Waals surface area contributed by atoms with Gasteiger partial charge < -0.3 is 10.2 Å². The average molecular weight is 312 g/mol. The number of hydrogen-bond acceptors (Lipinski definition) is 3. The molecule has 1 saturated heterocycles. The molecule has 1 aliphatic rings. The van der Waals surface area contributed by atoms with Crippen molar-refractivity contribution in [2.75, 3.05) is 19.6 Å². The monoisotopic (exact) mass is 312 g/mol. The van der Waals surface area contributed by atoms with E-state index in [1.807, 2.05) is 0 Å². The van der Waals surface area contributed by atoms with Gasteiger partial charge in [-0.3, -0.25) is 9.59 Å². The quantitative estimate of drug-likeness (QED) is 0.390. The summed E-state index contributed by atoms with van der Waals surface area (Å²) in [5.41, 5.74) is 0. The second-order valence-corrected chi connectivity index (χ2v) is 6.35. The molecule has 1 fully saturated rings. The molecule has 1 aliphatic heterocycles. The molecule has 0 aliphatic carbocycles. The molecule has 2 amide bonds. The molecule has 1 atom stereocenters. The van der Waals surface area contributed by atoms with Crippen molar-refractivity contribution in [3.63, 3.8) is 0 Å². The molecule has 21 heavy (non-hydrogen) atoms. The van der Waals surface area contributed by atoms with Crippen molar-refractivity contribution in [3.8, 4) is 0 Å². The fraction of sp³-hybridized carbons (Fsp3) is 0.750. The van der Waals surface area contributed by atoms with Crippen molar-refractivity contribution < 1.29 is 9.59 Å². The first-order valence-corrected chi connectivity index (χ1v) is 8.58. The molecule has 0 radical (unpaired) electrons. The summed E-state index contributed by atoms with van der Waals surface area (Å²) in [6, 6.07) is 0. The zero-order valence-corrected chi connectivity index (χ0v) is 13.9. The summed E-state index contributed by atoms with van der Waals surface area (Å²) >= 11 is 4.34. The van der Waals surface area contributed by atoms with E-state index in [0.29, 0.717) is 13.1 Å². The van der Waals surface area contributed by atoms with Gasteiger partial charge in [0.05, 0.1) is 0 Å². The Balaban J connectivity index is 2.07. The topological polar surface area (TPSA) is 49.4 Å². The summed E-state index contributed by atoms with van der Waals surface area (Å²) in [6.07, 6.45) is 10.8. The second-order valence-electron chi connectivity index (χ2n) is 5.62. The van der Waals surface area contributed by atoms with Crippen LogP contribution in [0, 0.1) is 0 Å². The summed E-state index contributed by atoms with van der Waals surface area (Å²) in [5.74, 6) is -0.278. The number of nitrogens with zero attached hydrogens (tertiary/aromatic N) is 1.